The highest BCUT2D eigenvalue weighted by molar-refractivity contribution is 5.97. The summed E-state index contributed by atoms with van der Waals surface area (Å²) in [4.78, 5) is 21.0. The van der Waals surface area contributed by atoms with Gasteiger partial charge in [0, 0.05) is 50.4 Å². The lowest BCUT2D eigenvalue weighted by Crippen LogP contribution is -2.55. The highest BCUT2D eigenvalue weighted by atomic mass is 16.5. The zero-order valence-corrected chi connectivity index (χ0v) is 20.6. The van der Waals surface area contributed by atoms with E-state index in [1.165, 1.54) is 36.2 Å². The van der Waals surface area contributed by atoms with Crippen molar-refractivity contribution in [2.45, 2.75) is 57.9 Å². The van der Waals surface area contributed by atoms with E-state index in [1.54, 1.807) is 0 Å². The fraction of sp³-hybridized carbons (Fsp3) is 0.552. The Hall–Kier alpha value is -2.53. The van der Waals surface area contributed by atoms with Crippen molar-refractivity contribution in [1.29, 1.82) is 0 Å². The van der Waals surface area contributed by atoms with Gasteiger partial charge in [-0.15, -0.1) is 0 Å². The molecule has 5 rings (SSSR count). The van der Waals surface area contributed by atoms with Gasteiger partial charge in [0.15, 0.2) is 0 Å². The molecule has 182 valence electrons. The van der Waals surface area contributed by atoms with Crippen LogP contribution in [0.25, 0.3) is 0 Å². The van der Waals surface area contributed by atoms with Crippen LogP contribution in [0.2, 0.25) is 0 Å². The van der Waals surface area contributed by atoms with E-state index in [9.17, 15) is 4.79 Å². The third kappa shape index (κ3) is 4.95. The summed E-state index contributed by atoms with van der Waals surface area (Å²) < 4.78 is 5.87. The summed E-state index contributed by atoms with van der Waals surface area (Å²) in [6, 6.07) is 17.2. The molecule has 2 aliphatic heterocycles. The number of rotatable bonds is 6. The number of amides is 1. The molecule has 1 saturated heterocycles. The Labute approximate surface area is 204 Å². The van der Waals surface area contributed by atoms with Gasteiger partial charge in [0.25, 0.3) is 0 Å². The average Bonchev–Trinajstić information content (AvgIpc) is 2.90. The standard InChI is InChI=1S/C29H39N3O2/c1-2-34-28-15-9-8-14-27(28)31-20-18-30(19-21-31)22-25-17-16-23-10-6-7-13-26(23)32(25)29(33)24-11-4-3-5-12-24/h6-10,13-15,24-25H,2-5,11-12,16-22H2,1H3. The summed E-state index contributed by atoms with van der Waals surface area (Å²) in [5.41, 5.74) is 3.70. The molecule has 3 aliphatic rings. The van der Waals surface area contributed by atoms with E-state index in [0.29, 0.717) is 12.5 Å². The lowest BCUT2D eigenvalue weighted by molar-refractivity contribution is -0.124. The first-order valence-electron chi connectivity index (χ1n) is 13.3. The molecular weight excluding hydrogens is 422 g/mol. The van der Waals surface area contributed by atoms with Gasteiger partial charge in [-0.25, -0.2) is 0 Å². The van der Waals surface area contributed by atoms with Crippen LogP contribution in [-0.4, -0.2) is 56.2 Å². The normalized spacial score (nSPS) is 21.9. The molecule has 2 aromatic carbocycles. The zero-order valence-electron chi connectivity index (χ0n) is 20.6. The fourth-order valence-corrected chi connectivity index (χ4v) is 6.09. The van der Waals surface area contributed by atoms with Crippen LogP contribution >= 0.6 is 0 Å². The van der Waals surface area contributed by atoms with Crippen molar-refractivity contribution in [3.8, 4) is 5.75 Å². The Bertz CT molecular complexity index is 963. The third-order valence-electron chi connectivity index (χ3n) is 7.90. The molecule has 0 aromatic heterocycles. The zero-order chi connectivity index (χ0) is 23.3. The number of fused-ring (bicyclic) bond motifs is 1. The van der Waals surface area contributed by atoms with Crippen LogP contribution in [0.1, 0.15) is 51.0 Å². The first-order chi connectivity index (χ1) is 16.7. The van der Waals surface area contributed by atoms with Crippen LogP contribution < -0.4 is 14.5 Å². The van der Waals surface area contributed by atoms with Gasteiger partial charge >= 0.3 is 0 Å². The summed E-state index contributed by atoms with van der Waals surface area (Å²) in [5.74, 6) is 1.56. The Morgan fingerprint density at radius 2 is 1.59 bits per heavy atom. The van der Waals surface area contributed by atoms with E-state index in [4.69, 9.17) is 4.74 Å². The van der Waals surface area contributed by atoms with Gasteiger partial charge in [0.2, 0.25) is 5.91 Å². The third-order valence-corrected chi connectivity index (χ3v) is 7.90. The molecule has 0 bridgehead atoms. The van der Waals surface area contributed by atoms with E-state index in [-0.39, 0.29) is 12.0 Å². The molecular formula is C29H39N3O2. The monoisotopic (exact) mass is 461 g/mol. The van der Waals surface area contributed by atoms with Crippen molar-refractivity contribution < 1.29 is 9.53 Å². The maximum absolute atomic E-state index is 13.8. The second kappa shape index (κ2) is 10.8. The molecule has 1 atom stereocenters. The quantitative estimate of drug-likeness (QED) is 0.597. The maximum atomic E-state index is 13.8. The van der Waals surface area contributed by atoms with E-state index in [0.717, 1.165) is 64.2 Å². The van der Waals surface area contributed by atoms with E-state index in [1.807, 2.05) is 13.0 Å². The van der Waals surface area contributed by atoms with Crippen molar-refractivity contribution in [3.63, 3.8) is 0 Å². The van der Waals surface area contributed by atoms with E-state index in [2.05, 4.69) is 57.2 Å². The van der Waals surface area contributed by atoms with Gasteiger partial charge in [-0.1, -0.05) is 49.6 Å². The number of nitrogens with zero attached hydrogens (tertiary/aromatic N) is 3. The van der Waals surface area contributed by atoms with Gasteiger partial charge in [-0.3, -0.25) is 9.69 Å². The number of ether oxygens (including phenoxy) is 1. The maximum Gasteiger partial charge on any atom is 0.230 e. The SMILES string of the molecule is CCOc1ccccc1N1CCN(CC2CCc3ccccc3N2C(=O)C2CCCCC2)CC1. The lowest BCUT2D eigenvalue weighted by Gasteiger charge is -2.44. The van der Waals surface area contributed by atoms with Gasteiger partial charge in [0.05, 0.1) is 12.3 Å². The molecule has 0 N–H and O–H groups in total. The number of hydrogen-bond donors (Lipinski definition) is 0. The van der Waals surface area contributed by atoms with Crippen LogP contribution in [-0.2, 0) is 11.2 Å². The fourth-order valence-electron chi connectivity index (χ4n) is 6.09. The molecule has 2 fully saturated rings. The van der Waals surface area contributed by atoms with Crippen LogP contribution in [0.4, 0.5) is 11.4 Å². The topological polar surface area (TPSA) is 36.0 Å². The number of carbonyl (C=O) groups is 1. The first kappa shape index (κ1) is 23.2. The van der Waals surface area contributed by atoms with Crippen molar-refractivity contribution in [2.75, 3.05) is 49.1 Å². The molecule has 0 radical (unpaired) electrons. The summed E-state index contributed by atoms with van der Waals surface area (Å²) in [5, 5.41) is 0. The average molecular weight is 462 g/mol. The number of hydrogen-bond acceptors (Lipinski definition) is 4. The highest BCUT2D eigenvalue weighted by Crippen LogP contribution is 2.35. The largest absolute Gasteiger partial charge is 0.492 e. The van der Waals surface area contributed by atoms with E-state index >= 15 is 0 Å². The van der Waals surface area contributed by atoms with Gasteiger partial charge in [-0.05, 0) is 56.4 Å². The predicted molar refractivity (Wildman–Crippen MR) is 139 cm³/mol. The van der Waals surface area contributed by atoms with Crippen LogP contribution in [0.5, 0.6) is 5.75 Å². The summed E-state index contributed by atoms with van der Waals surface area (Å²) in [6.45, 7) is 7.71. The predicted octanol–water partition coefficient (Wildman–Crippen LogP) is 5.14. The Balaban J connectivity index is 1.27. The number of piperazine rings is 1. The molecule has 2 heterocycles. The highest BCUT2D eigenvalue weighted by Gasteiger charge is 2.36. The van der Waals surface area contributed by atoms with Crippen LogP contribution in [0.3, 0.4) is 0 Å². The van der Waals surface area contributed by atoms with Gasteiger partial charge in [0.1, 0.15) is 5.75 Å². The number of anilines is 2. The van der Waals surface area contributed by atoms with E-state index < -0.39 is 0 Å². The van der Waals surface area contributed by atoms with Crippen molar-refractivity contribution in [3.05, 3.63) is 54.1 Å². The number of para-hydroxylation sites is 3. The van der Waals surface area contributed by atoms with Crippen LogP contribution in [0, 0.1) is 5.92 Å². The Kier molecular flexibility index (Phi) is 7.39. The minimum Gasteiger partial charge on any atom is -0.492 e. The minimum atomic E-state index is 0.203. The number of benzene rings is 2. The van der Waals surface area contributed by atoms with Crippen molar-refractivity contribution in [1.82, 2.24) is 4.90 Å². The lowest BCUT2D eigenvalue weighted by atomic mass is 9.86. The molecule has 0 spiro atoms. The summed E-state index contributed by atoms with van der Waals surface area (Å²) in [7, 11) is 0. The smallest absolute Gasteiger partial charge is 0.230 e. The van der Waals surface area contributed by atoms with Gasteiger partial charge in [-0.2, -0.15) is 0 Å². The molecule has 1 aliphatic carbocycles. The number of carbonyl (C=O) groups excluding carboxylic acids is 1. The number of aryl methyl sites for hydroxylation is 1. The second-order valence-corrected chi connectivity index (χ2v) is 10.1. The summed E-state index contributed by atoms with van der Waals surface area (Å²) >= 11 is 0. The van der Waals surface area contributed by atoms with Crippen molar-refractivity contribution in [2.24, 2.45) is 5.92 Å². The molecule has 1 saturated carbocycles. The molecule has 1 amide bonds. The van der Waals surface area contributed by atoms with Crippen LogP contribution in [0.15, 0.2) is 48.5 Å². The van der Waals surface area contributed by atoms with Crippen molar-refractivity contribution >= 4 is 17.3 Å². The molecule has 1 unspecified atom stereocenters. The first-order valence-corrected chi connectivity index (χ1v) is 13.3. The summed E-state index contributed by atoms with van der Waals surface area (Å²) in [6.07, 6.45) is 7.91. The molecule has 34 heavy (non-hydrogen) atoms. The minimum absolute atomic E-state index is 0.203. The Morgan fingerprint density at radius 1 is 0.882 bits per heavy atom. The molecule has 2 aromatic rings. The molecule has 5 heteroatoms. The Morgan fingerprint density at radius 3 is 2.35 bits per heavy atom. The second-order valence-electron chi connectivity index (χ2n) is 10.1. The molecule has 5 nitrogen and oxygen atoms in total. The van der Waals surface area contributed by atoms with Gasteiger partial charge < -0.3 is 14.5 Å².